The number of aromatic nitrogens is 2. The summed E-state index contributed by atoms with van der Waals surface area (Å²) in [4.78, 5) is 1.07. The molecule has 0 radical (unpaired) electrons. The van der Waals surface area contributed by atoms with Crippen molar-refractivity contribution >= 4 is 49.4 Å². The Hall–Kier alpha value is -1.48. The normalized spacial score (nSPS) is 11.5. The first kappa shape index (κ1) is 14.5. The first-order valence-electron chi connectivity index (χ1n) is 5.70. The second-order valence-corrected chi connectivity index (χ2v) is 7.99. The van der Waals surface area contributed by atoms with Crippen LogP contribution in [0.4, 0.5) is 5.13 Å². The minimum atomic E-state index is -3.68. The standard InChI is InChI=1S/C12H8ClN3O2S3/c13-8-3-5-9(6-4-8)21(17,18)16-12-15-14-11(20-12)10-2-1-7-19-10/h1-7H,(H,15,16). The zero-order valence-corrected chi connectivity index (χ0v) is 13.6. The van der Waals surface area contributed by atoms with Gasteiger partial charge in [0.05, 0.1) is 9.77 Å². The van der Waals surface area contributed by atoms with E-state index in [0.717, 1.165) is 4.88 Å². The minimum Gasteiger partial charge on any atom is -0.253 e. The van der Waals surface area contributed by atoms with E-state index in [1.807, 2.05) is 17.5 Å². The van der Waals surface area contributed by atoms with Gasteiger partial charge in [0.1, 0.15) is 0 Å². The lowest BCUT2D eigenvalue weighted by Gasteiger charge is -2.04. The second kappa shape index (κ2) is 5.72. The van der Waals surface area contributed by atoms with Crippen molar-refractivity contribution in [3.8, 4) is 9.88 Å². The average molecular weight is 358 g/mol. The highest BCUT2D eigenvalue weighted by atomic mass is 35.5. The largest absolute Gasteiger partial charge is 0.263 e. The van der Waals surface area contributed by atoms with Crippen LogP contribution in [0.3, 0.4) is 0 Å². The summed E-state index contributed by atoms with van der Waals surface area (Å²) in [5.74, 6) is 0. The molecule has 0 aliphatic heterocycles. The highest BCUT2D eigenvalue weighted by molar-refractivity contribution is 7.93. The van der Waals surface area contributed by atoms with Crippen LogP contribution < -0.4 is 4.72 Å². The number of hydrogen-bond donors (Lipinski definition) is 1. The van der Waals surface area contributed by atoms with Gasteiger partial charge in [0.2, 0.25) is 5.13 Å². The average Bonchev–Trinajstić information content (AvgIpc) is 3.09. The van der Waals surface area contributed by atoms with Gasteiger partial charge >= 0.3 is 0 Å². The van der Waals surface area contributed by atoms with Gasteiger partial charge in [0.15, 0.2) is 5.01 Å². The molecule has 2 aromatic heterocycles. The lowest BCUT2D eigenvalue weighted by Crippen LogP contribution is -2.12. The van der Waals surface area contributed by atoms with Gasteiger partial charge in [-0.1, -0.05) is 29.0 Å². The highest BCUT2D eigenvalue weighted by Gasteiger charge is 2.17. The van der Waals surface area contributed by atoms with Crippen LogP contribution in [0.2, 0.25) is 5.02 Å². The zero-order chi connectivity index (χ0) is 14.9. The maximum absolute atomic E-state index is 12.2. The lowest BCUT2D eigenvalue weighted by atomic mass is 10.4. The van der Waals surface area contributed by atoms with Gasteiger partial charge in [-0.2, -0.15) is 0 Å². The molecule has 9 heteroatoms. The number of nitrogens with zero attached hydrogens (tertiary/aromatic N) is 2. The van der Waals surface area contributed by atoms with E-state index in [4.69, 9.17) is 11.6 Å². The van der Waals surface area contributed by atoms with Crippen LogP contribution in [0.15, 0.2) is 46.7 Å². The van der Waals surface area contributed by atoms with E-state index in [2.05, 4.69) is 14.9 Å². The topological polar surface area (TPSA) is 72.0 Å². The van der Waals surface area contributed by atoms with Crippen LogP contribution in [0.25, 0.3) is 9.88 Å². The fourth-order valence-electron chi connectivity index (χ4n) is 1.55. The highest BCUT2D eigenvalue weighted by Crippen LogP contribution is 2.30. The molecule has 0 atom stereocenters. The molecular weight excluding hydrogens is 350 g/mol. The van der Waals surface area contributed by atoms with Gasteiger partial charge < -0.3 is 0 Å². The van der Waals surface area contributed by atoms with Crippen LogP contribution >= 0.6 is 34.3 Å². The number of sulfonamides is 1. The third kappa shape index (κ3) is 3.24. The van der Waals surface area contributed by atoms with Crippen LogP contribution in [0, 0.1) is 0 Å². The fourth-order valence-corrected chi connectivity index (χ4v) is 4.44. The van der Waals surface area contributed by atoms with Crippen molar-refractivity contribution in [3.63, 3.8) is 0 Å². The maximum Gasteiger partial charge on any atom is 0.263 e. The molecule has 5 nitrogen and oxygen atoms in total. The molecular formula is C12H8ClN3O2S3. The molecule has 0 spiro atoms. The Labute approximate surface area is 134 Å². The zero-order valence-electron chi connectivity index (χ0n) is 10.4. The molecule has 2 heterocycles. The first-order chi connectivity index (χ1) is 10.0. The molecule has 0 aliphatic rings. The first-order valence-corrected chi connectivity index (χ1v) is 9.26. The third-order valence-corrected chi connectivity index (χ3v) is 6.12. The van der Waals surface area contributed by atoms with Gasteiger partial charge in [0.25, 0.3) is 10.0 Å². The number of rotatable bonds is 4. The predicted molar refractivity (Wildman–Crippen MR) is 85.5 cm³/mol. The molecule has 0 saturated heterocycles. The molecule has 0 saturated carbocycles. The molecule has 108 valence electrons. The number of hydrogen-bond acceptors (Lipinski definition) is 6. The fraction of sp³-hybridized carbons (Fsp3) is 0. The third-order valence-electron chi connectivity index (χ3n) is 2.50. The summed E-state index contributed by atoms with van der Waals surface area (Å²) in [7, 11) is -3.68. The Bertz CT molecular complexity index is 842. The molecule has 0 unspecified atom stereocenters. The SMILES string of the molecule is O=S(=O)(Nc1nnc(-c2cccs2)s1)c1ccc(Cl)cc1. The van der Waals surface area contributed by atoms with Gasteiger partial charge in [-0.05, 0) is 35.7 Å². The Morgan fingerprint density at radius 2 is 1.86 bits per heavy atom. The predicted octanol–water partition coefficient (Wildman–Crippen LogP) is 3.72. The van der Waals surface area contributed by atoms with Crippen LogP contribution in [0.1, 0.15) is 0 Å². The summed E-state index contributed by atoms with van der Waals surface area (Å²) in [6, 6.07) is 9.72. The van der Waals surface area contributed by atoms with Crippen molar-refractivity contribution in [1.82, 2.24) is 10.2 Å². The number of halogens is 1. The summed E-state index contributed by atoms with van der Waals surface area (Å²) in [5, 5.41) is 11.2. The van der Waals surface area contributed by atoms with Crippen LogP contribution in [-0.4, -0.2) is 18.6 Å². The van der Waals surface area contributed by atoms with Crippen molar-refractivity contribution in [1.29, 1.82) is 0 Å². The van der Waals surface area contributed by atoms with Crippen LogP contribution in [0.5, 0.6) is 0 Å². The molecule has 1 N–H and O–H groups in total. The summed E-state index contributed by atoms with van der Waals surface area (Å²) < 4.78 is 26.8. The summed E-state index contributed by atoms with van der Waals surface area (Å²) in [6.07, 6.45) is 0. The Kier molecular flexibility index (Phi) is 3.94. The smallest absolute Gasteiger partial charge is 0.253 e. The molecule has 0 aliphatic carbocycles. The Balaban J connectivity index is 1.84. The van der Waals surface area contributed by atoms with Gasteiger partial charge in [-0.25, -0.2) is 8.42 Å². The van der Waals surface area contributed by atoms with E-state index in [-0.39, 0.29) is 10.0 Å². The number of nitrogens with one attached hydrogen (secondary N) is 1. The quantitative estimate of drug-likeness (QED) is 0.772. The van der Waals surface area contributed by atoms with Crippen molar-refractivity contribution in [2.24, 2.45) is 0 Å². The molecule has 3 rings (SSSR count). The van der Waals surface area contributed by atoms with Crippen molar-refractivity contribution in [2.75, 3.05) is 4.72 Å². The second-order valence-electron chi connectivity index (χ2n) is 3.95. The molecule has 1 aromatic carbocycles. The number of thiophene rings is 1. The van der Waals surface area contributed by atoms with Gasteiger partial charge in [-0.15, -0.1) is 21.5 Å². The van der Waals surface area contributed by atoms with E-state index >= 15 is 0 Å². The van der Waals surface area contributed by atoms with Crippen molar-refractivity contribution < 1.29 is 8.42 Å². The van der Waals surface area contributed by atoms with Crippen molar-refractivity contribution in [3.05, 3.63) is 46.8 Å². The number of anilines is 1. The minimum absolute atomic E-state index is 0.125. The van der Waals surface area contributed by atoms with E-state index < -0.39 is 10.0 Å². The van der Waals surface area contributed by atoms with Crippen LogP contribution in [-0.2, 0) is 10.0 Å². The summed E-state index contributed by atoms with van der Waals surface area (Å²) in [6.45, 7) is 0. The molecule has 0 fully saturated rings. The van der Waals surface area contributed by atoms with E-state index in [1.165, 1.54) is 46.9 Å². The van der Waals surface area contributed by atoms with Gasteiger partial charge in [0, 0.05) is 5.02 Å². The maximum atomic E-state index is 12.2. The van der Waals surface area contributed by atoms with E-state index in [1.54, 1.807) is 0 Å². The molecule has 0 bridgehead atoms. The molecule has 21 heavy (non-hydrogen) atoms. The molecule has 0 amide bonds. The van der Waals surface area contributed by atoms with Gasteiger partial charge in [-0.3, -0.25) is 4.72 Å². The summed E-state index contributed by atoms with van der Waals surface area (Å²) >= 11 is 8.46. The summed E-state index contributed by atoms with van der Waals surface area (Å²) in [5.41, 5.74) is 0. The Morgan fingerprint density at radius 3 is 2.52 bits per heavy atom. The lowest BCUT2D eigenvalue weighted by molar-refractivity contribution is 0.601. The monoisotopic (exact) mass is 357 g/mol. The Morgan fingerprint density at radius 1 is 1.10 bits per heavy atom. The van der Waals surface area contributed by atoms with Crippen molar-refractivity contribution in [2.45, 2.75) is 4.90 Å². The van der Waals surface area contributed by atoms with E-state index in [0.29, 0.717) is 10.0 Å². The molecule has 3 aromatic rings. The van der Waals surface area contributed by atoms with E-state index in [9.17, 15) is 8.42 Å². The number of benzene rings is 1.